The Hall–Kier alpha value is -1.94. The number of nitrogens with zero attached hydrogens (tertiary/aromatic N) is 2. The van der Waals surface area contributed by atoms with Gasteiger partial charge in [-0.05, 0) is 49.1 Å². The van der Waals surface area contributed by atoms with Crippen LogP contribution in [0.1, 0.15) is 30.2 Å². The zero-order valence-electron chi connectivity index (χ0n) is 12.4. The third-order valence-electron chi connectivity index (χ3n) is 4.27. The Kier molecular flexibility index (Phi) is 3.87. The maximum Gasteiger partial charge on any atom is 0.224 e. The average Bonchev–Trinajstić information content (AvgIpc) is 2.84. The molecule has 2 aromatic rings. The lowest BCUT2D eigenvalue weighted by molar-refractivity contribution is 0.548. The Morgan fingerprint density at radius 1 is 1.36 bits per heavy atom. The zero-order valence-corrected chi connectivity index (χ0v) is 13.1. The van der Waals surface area contributed by atoms with Crippen LogP contribution in [0.5, 0.6) is 0 Å². The molecule has 0 radical (unpaired) electrons. The van der Waals surface area contributed by atoms with E-state index < -0.39 is 0 Å². The second-order valence-electron chi connectivity index (χ2n) is 5.68. The van der Waals surface area contributed by atoms with Gasteiger partial charge in [-0.3, -0.25) is 0 Å². The Labute approximate surface area is 134 Å². The van der Waals surface area contributed by atoms with Crippen molar-refractivity contribution in [1.82, 2.24) is 9.97 Å². The highest BCUT2D eigenvalue weighted by Gasteiger charge is 2.39. The summed E-state index contributed by atoms with van der Waals surface area (Å²) in [7, 11) is 0. The molecule has 1 atom stereocenters. The van der Waals surface area contributed by atoms with Crippen LogP contribution in [-0.4, -0.2) is 16.5 Å². The number of fused-ring (bicyclic) bond motifs is 1. The lowest BCUT2D eigenvalue weighted by atomic mass is 9.80. The number of nitrogens with one attached hydrogen (secondary N) is 1. The van der Waals surface area contributed by atoms with E-state index >= 15 is 0 Å². The fourth-order valence-electron chi connectivity index (χ4n) is 3.06. The van der Waals surface area contributed by atoms with Crippen molar-refractivity contribution in [2.24, 2.45) is 0 Å². The van der Waals surface area contributed by atoms with Crippen LogP contribution in [0.3, 0.4) is 0 Å². The first-order valence-electron chi connectivity index (χ1n) is 7.22. The predicted octanol–water partition coefficient (Wildman–Crippen LogP) is 4.12. The summed E-state index contributed by atoms with van der Waals surface area (Å²) < 4.78 is 13.2. The first kappa shape index (κ1) is 15.0. The molecule has 0 saturated carbocycles. The van der Waals surface area contributed by atoms with Crippen molar-refractivity contribution in [3.8, 4) is 0 Å². The molecular formula is C17H17ClFN3. The van der Waals surface area contributed by atoms with Gasteiger partial charge in [0.2, 0.25) is 5.28 Å². The largest absolute Gasteiger partial charge is 0.366 e. The standard InChI is InChI=1S/C17H17ClFN3/c1-3-10-20-15-13-8-9-17(2,14(13)21-16(18)22-15)11-4-6-12(19)7-5-11/h3-7H,1,8-10H2,2H3,(H,20,21,22). The molecule has 0 spiro atoms. The van der Waals surface area contributed by atoms with Crippen molar-refractivity contribution < 1.29 is 4.39 Å². The molecule has 1 heterocycles. The summed E-state index contributed by atoms with van der Waals surface area (Å²) in [6, 6.07) is 6.60. The van der Waals surface area contributed by atoms with Crippen LogP contribution in [-0.2, 0) is 11.8 Å². The molecule has 22 heavy (non-hydrogen) atoms. The van der Waals surface area contributed by atoms with Gasteiger partial charge in [-0.15, -0.1) is 6.58 Å². The van der Waals surface area contributed by atoms with Crippen molar-refractivity contribution in [1.29, 1.82) is 0 Å². The number of anilines is 1. The number of halogens is 2. The monoisotopic (exact) mass is 317 g/mol. The molecule has 1 aromatic carbocycles. The van der Waals surface area contributed by atoms with Gasteiger partial charge in [0.1, 0.15) is 11.6 Å². The maximum absolute atomic E-state index is 13.2. The molecule has 0 aliphatic heterocycles. The Bertz CT molecular complexity index is 715. The van der Waals surface area contributed by atoms with Gasteiger partial charge in [-0.2, -0.15) is 0 Å². The van der Waals surface area contributed by atoms with Crippen molar-refractivity contribution in [2.75, 3.05) is 11.9 Å². The third kappa shape index (κ3) is 2.48. The normalized spacial score (nSPS) is 19.8. The average molecular weight is 318 g/mol. The van der Waals surface area contributed by atoms with Gasteiger partial charge >= 0.3 is 0 Å². The van der Waals surface area contributed by atoms with E-state index in [4.69, 9.17) is 11.6 Å². The van der Waals surface area contributed by atoms with Crippen LogP contribution in [0.4, 0.5) is 10.2 Å². The summed E-state index contributed by atoms with van der Waals surface area (Å²) in [4.78, 5) is 8.76. The zero-order chi connectivity index (χ0) is 15.7. The summed E-state index contributed by atoms with van der Waals surface area (Å²) in [5, 5.41) is 3.44. The van der Waals surface area contributed by atoms with Crippen molar-refractivity contribution in [3.63, 3.8) is 0 Å². The molecule has 3 nitrogen and oxygen atoms in total. The first-order chi connectivity index (χ1) is 10.5. The van der Waals surface area contributed by atoms with Gasteiger partial charge in [0.15, 0.2) is 0 Å². The van der Waals surface area contributed by atoms with Gasteiger partial charge in [0.05, 0.1) is 5.69 Å². The second-order valence-corrected chi connectivity index (χ2v) is 6.02. The minimum atomic E-state index is -0.278. The molecule has 0 bridgehead atoms. The number of benzene rings is 1. The van der Waals surface area contributed by atoms with E-state index in [0.717, 1.165) is 35.5 Å². The molecule has 5 heteroatoms. The molecule has 1 aromatic heterocycles. The van der Waals surface area contributed by atoms with Crippen LogP contribution in [0.15, 0.2) is 36.9 Å². The predicted molar refractivity (Wildman–Crippen MR) is 86.9 cm³/mol. The highest BCUT2D eigenvalue weighted by atomic mass is 35.5. The number of rotatable bonds is 4. The fraction of sp³-hybridized carbons (Fsp3) is 0.294. The van der Waals surface area contributed by atoms with Crippen molar-refractivity contribution in [2.45, 2.75) is 25.2 Å². The number of hydrogen-bond donors (Lipinski definition) is 1. The van der Waals surface area contributed by atoms with Crippen LogP contribution >= 0.6 is 11.6 Å². The highest BCUT2D eigenvalue weighted by Crippen LogP contribution is 2.45. The smallest absolute Gasteiger partial charge is 0.224 e. The summed E-state index contributed by atoms with van der Waals surface area (Å²) in [6.07, 6.45) is 3.53. The Morgan fingerprint density at radius 2 is 2.09 bits per heavy atom. The molecule has 114 valence electrons. The quantitative estimate of drug-likeness (QED) is 0.681. The van der Waals surface area contributed by atoms with E-state index in [9.17, 15) is 4.39 Å². The second kappa shape index (κ2) is 5.69. The first-order valence-corrected chi connectivity index (χ1v) is 7.60. The molecule has 1 aliphatic rings. The summed E-state index contributed by atoms with van der Waals surface area (Å²) in [5.74, 6) is 0.528. The van der Waals surface area contributed by atoms with Crippen LogP contribution < -0.4 is 5.32 Å². The minimum absolute atomic E-state index is 0.223. The molecule has 3 rings (SSSR count). The van der Waals surface area contributed by atoms with Crippen LogP contribution in [0, 0.1) is 5.82 Å². The van der Waals surface area contributed by atoms with E-state index in [1.807, 2.05) is 12.1 Å². The van der Waals surface area contributed by atoms with E-state index in [1.54, 1.807) is 6.08 Å². The molecule has 1 unspecified atom stereocenters. The topological polar surface area (TPSA) is 37.8 Å². The van der Waals surface area contributed by atoms with E-state index in [-0.39, 0.29) is 16.5 Å². The van der Waals surface area contributed by atoms with Crippen LogP contribution in [0.25, 0.3) is 0 Å². The van der Waals surface area contributed by atoms with Crippen molar-refractivity contribution >= 4 is 17.4 Å². The van der Waals surface area contributed by atoms with Gasteiger partial charge < -0.3 is 5.32 Å². The Balaban J connectivity index is 2.08. The third-order valence-corrected chi connectivity index (χ3v) is 4.44. The van der Waals surface area contributed by atoms with E-state index in [0.29, 0.717) is 6.54 Å². The van der Waals surface area contributed by atoms with Gasteiger partial charge in [0, 0.05) is 17.5 Å². The summed E-state index contributed by atoms with van der Waals surface area (Å²) in [6.45, 7) is 6.44. The molecular weight excluding hydrogens is 301 g/mol. The lowest BCUT2D eigenvalue weighted by Gasteiger charge is -2.25. The maximum atomic E-state index is 13.2. The highest BCUT2D eigenvalue weighted by molar-refractivity contribution is 6.28. The van der Waals surface area contributed by atoms with Gasteiger partial charge in [-0.1, -0.05) is 18.2 Å². The molecule has 1 aliphatic carbocycles. The molecule has 0 amide bonds. The van der Waals surface area contributed by atoms with E-state index in [2.05, 4.69) is 28.8 Å². The fourth-order valence-corrected chi connectivity index (χ4v) is 3.23. The Morgan fingerprint density at radius 3 is 2.77 bits per heavy atom. The minimum Gasteiger partial charge on any atom is -0.366 e. The SMILES string of the molecule is C=CCNc1nc(Cl)nc2c1CCC2(C)c1ccc(F)cc1. The van der Waals surface area contributed by atoms with Gasteiger partial charge in [-0.25, -0.2) is 14.4 Å². The summed E-state index contributed by atoms with van der Waals surface area (Å²) in [5.41, 5.74) is 2.76. The lowest BCUT2D eigenvalue weighted by Crippen LogP contribution is -2.22. The molecule has 1 N–H and O–H groups in total. The number of aromatic nitrogens is 2. The van der Waals surface area contributed by atoms with Crippen LogP contribution in [0.2, 0.25) is 5.28 Å². The number of hydrogen-bond acceptors (Lipinski definition) is 3. The summed E-state index contributed by atoms with van der Waals surface area (Å²) >= 11 is 6.10. The van der Waals surface area contributed by atoms with Gasteiger partial charge in [0.25, 0.3) is 0 Å². The molecule has 0 saturated heterocycles. The molecule has 0 fully saturated rings. The van der Waals surface area contributed by atoms with Crippen molar-refractivity contribution in [3.05, 3.63) is 64.8 Å². The van der Waals surface area contributed by atoms with E-state index in [1.165, 1.54) is 12.1 Å².